The van der Waals surface area contributed by atoms with E-state index in [-0.39, 0.29) is 6.42 Å². The van der Waals surface area contributed by atoms with Crippen LogP contribution in [-0.2, 0) is 0 Å². The molecule has 0 aromatic heterocycles. The standard InChI is InChI=1S/C7H14O5/c1-7(12)4(9)2-3(8)5(10)6(7)11/h3-6,8-12H,2H2,1H3/t3-,4+,5-,6-,7+/m0/s1. The number of aliphatic hydroxyl groups is 5. The summed E-state index contributed by atoms with van der Waals surface area (Å²) in [6.45, 7) is 1.22. The average Bonchev–Trinajstić information content (AvgIpc) is 1.99. The smallest absolute Gasteiger partial charge is 0.116 e. The Morgan fingerprint density at radius 3 is 2.17 bits per heavy atom. The third-order valence-electron chi connectivity index (χ3n) is 2.46. The Kier molecular flexibility index (Phi) is 2.42. The molecule has 72 valence electrons. The van der Waals surface area contributed by atoms with Crippen molar-refractivity contribution in [3.05, 3.63) is 0 Å². The van der Waals surface area contributed by atoms with Gasteiger partial charge in [-0.1, -0.05) is 0 Å². The highest BCUT2D eigenvalue weighted by atomic mass is 16.4. The molecule has 12 heavy (non-hydrogen) atoms. The highest BCUT2D eigenvalue weighted by Gasteiger charge is 2.49. The molecule has 0 saturated heterocycles. The Morgan fingerprint density at radius 2 is 1.67 bits per heavy atom. The first-order valence-electron chi connectivity index (χ1n) is 3.82. The molecule has 1 rings (SSSR count). The van der Waals surface area contributed by atoms with Crippen molar-refractivity contribution in [2.75, 3.05) is 0 Å². The monoisotopic (exact) mass is 178 g/mol. The molecule has 0 amide bonds. The van der Waals surface area contributed by atoms with E-state index in [2.05, 4.69) is 0 Å². The lowest BCUT2D eigenvalue weighted by Gasteiger charge is -2.43. The predicted molar refractivity (Wildman–Crippen MR) is 39.3 cm³/mol. The summed E-state index contributed by atoms with van der Waals surface area (Å²) >= 11 is 0. The van der Waals surface area contributed by atoms with Crippen LogP contribution in [0.2, 0.25) is 0 Å². The second-order valence-electron chi connectivity index (χ2n) is 3.48. The quantitative estimate of drug-likeness (QED) is 0.284. The first kappa shape index (κ1) is 9.88. The fourth-order valence-electron chi connectivity index (χ4n) is 1.36. The molecule has 0 spiro atoms. The van der Waals surface area contributed by atoms with Gasteiger partial charge >= 0.3 is 0 Å². The summed E-state index contributed by atoms with van der Waals surface area (Å²) in [5.41, 5.74) is -1.75. The summed E-state index contributed by atoms with van der Waals surface area (Å²) in [6, 6.07) is 0. The van der Waals surface area contributed by atoms with Crippen LogP contribution in [0.15, 0.2) is 0 Å². The van der Waals surface area contributed by atoms with E-state index in [9.17, 15) is 15.3 Å². The Balaban J connectivity index is 2.80. The molecule has 1 fully saturated rings. The first-order chi connectivity index (χ1) is 5.37. The molecule has 1 aliphatic rings. The molecule has 0 unspecified atom stereocenters. The van der Waals surface area contributed by atoms with Crippen LogP contribution in [0.3, 0.4) is 0 Å². The van der Waals surface area contributed by atoms with Gasteiger partial charge in [0.25, 0.3) is 0 Å². The molecule has 5 atom stereocenters. The van der Waals surface area contributed by atoms with Crippen molar-refractivity contribution in [3.63, 3.8) is 0 Å². The van der Waals surface area contributed by atoms with Crippen molar-refractivity contribution in [1.82, 2.24) is 0 Å². The van der Waals surface area contributed by atoms with Gasteiger partial charge in [-0.05, 0) is 6.92 Å². The molecular weight excluding hydrogens is 164 g/mol. The zero-order chi connectivity index (χ0) is 9.52. The summed E-state index contributed by atoms with van der Waals surface area (Å²) < 4.78 is 0. The normalized spacial score (nSPS) is 55.5. The van der Waals surface area contributed by atoms with Crippen LogP contribution in [0.25, 0.3) is 0 Å². The highest BCUT2D eigenvalue weighted by molar-refractivity contribution is 5.01. The maximum atomic E-state index is 9.43. The van der Waals surface area contributed by atoms with Crippen molar-refractivity contribution in [1.29, 1.82) is 0 Å². The lowest BCUT2D eigenvalue weighted by Crippen LogP contribution is -2.63. The number of hydrogen-bond donors (Lipinski definition) is 5. The number of hydrogen-bond acceptors (Lipinski definition) is 5. The van der Waals surface area contributed by atoms with Gasteiger partial charge in [-0.25, -0.2) is 0 Å². The third-order valence-corrected chi connectivity index (χ3v) is 2.46. The first-order valence-corrected chi connectivity index (χ1v) is 3.82. The summed E-state index contributed by atoms with van der Waals surface area (Å²) in [5, 5.41) is 46.1. The minimum Gasteiger partial charge on any atom is -0.390 e. The molecule has 0 aliphatic heterocycles. The Morgan fingerprint density at radius 1 is 1.17 bits per heavy atom. The van der Waals surface area contributed by atoms with Gasteiger partial charge in [0.1, 0.15) is 17.8 Å². The van der Waals surface area contributed by atoms with E-state index >= 15 is 0 Å². The van der Waals surface area contributed by atoms with Crippen LogP contribution in [0, 0.1) is 0 Å². The zero-order valence-electron chi connectivity index (χ0n) is 6.75. The van der Waals surface area contributed by atoms with Crippen molar-refractivity contribution >= 4 is 0 Å². The van der Waals surface area contributed by atoms with E-state index in [1.165, 1.54) is 6.92 Å². The van der Waals surface area contributed by atoms with Gasteiger partial charge in [-0.2, -0.15) is 0 Å². The molecule has 0 radical (unpaired) electrons. The molecule has 0 aromatic carbocycles. The van der Waals surface area contributed by atoms with E-state index < -0.39 is 30.0 Å². The minimum absolute atomic E-state index is 0.134. The zero-order valence-corrected chi connectivity index (χ0v) is 6.75. The SMILES string of the molecule is C[C@@]1(O)[C@H](O)C[C@H](O)[C@H](O)[C@@H]1O. The molecule has 5 N–H and O–H groups in total. The Labute approximate surface area is 69.9 Å². The van der Waals surface area contributed by atoms with E-state index in [0.29, 0.717) is 0 Å². The Bertz CT molecular complexity index is 169. The highest BCUT2D eigenvalue weighted by Crippen LogP contribution is 2.28. The summed E-state index contributed by atoms with van der Waals surface area (Å²) in [7, 11) is 0. The fourth-order valence-corrected chi connectivity index (χ4v) is 1.36. The van der Waals surface area contributed by atoms with Crippen LogP contribution < -0.4 is 0 Å². The van der Waals surface area contributed by atoms with Crippen molar-refractivity contribution in [3.8, 4) is 0 Å². The van der Waals surface area contributed by atoms with E-state index in [1.54, 1.807) is 0 Å². The fraction of sp³-hybridized carbons (Fsp3) is 1.00. The molecule has 1 saturated carbocycles. The van der Waals surface area contributed by atoms with Gasteiger partial charge < -0.3 is 25.5 Å². The summed E-state index contributed by atoms with van der Waals surface area (Å²) in [5.74, 6) is 0. The van der Waals surface area contributed by atoms with Crippen LogP contribution in [0.5, 0.6) is 0 Å². The molecule has 0 bridgehead atoms. The van der Waals surface area contributed by atoms with Gasteiger partial charge in [0.05, 0.1) is 12.2 Å². The molecule has 5 nitrogen and oxygen atoms in total. The topological polar surface area (TPSA) is 101 Å². The molecule has 0 aromatic rings. The predicted octanol–water partition coefficient (Wildman–Crippen LogP) is -2.42. The van der Waals surface area contributed by atoms with E-state index in [4.69, 9.17) is 10.2 Å². The maximum Gasteiger partial charge on any atom is 0.116 e. The Hall–Kier alpha value is -0.200. The van der Waals surface area contributed by atoms with Crippen molar-refractivity contribution < 1.29 is 25.5 Å². The molecule has 1 aliphatic carbocycles. The minimum atomic E-state index is -1.75. The lowest BCUT2D eigenvalue weighted by molar-refractivity contribution is -0.222. The average molecular weight is 178 g/mol. The van der Waals surface area contributed by atoms with Gasteiger partial charge in [-0.3, -0.25) is 0 Å². The largest absolute Gasteiger partial charge is 0.390 e. The molecular formula is C7H14O5. The van der Waals surface area contributed by atoms with Crippen LogP contribution in [-0.4, -0.2) is 55.5 Å². The van der Waals surface area contributed by atoms with E-state index in [0.717, 1.165) is 0 Å². The second kappa shape index (κ2) is 2.93. The van der Waals surface area contributed by atoms with Crippen molar-refractivity contribution in [2.45, 2.75) is 43.4 Å². The van der Waals surface area contributed by atoms with Gasteiger partial charge in [-0.15, -0.1) is 0 Å². The maximum absolute atomic E-state index is 9.43. The third kappa shape index (κ3) is 1.34. The van der Waals surface area contributed by atoms with Gasteiger partial charge in [0.2, 0.25) is 0 Å². The number of aliphatic hydroxyl groups excluding tert-OH is 4. The van der Waals surface area contributed by atoms with Crippen LogP contribution in [0.1, 0.15) is 13.3 Å². The van der Waals surface area contributed by atoms with Gasteiger partial charge in [0, 0.05) is 6.42 Å². The number of rotatable bonds is 0. The molecule has 5 heteroatoms. The van der Waals surface area contributed by atoms with Crippen LogP contribution in [0.4, 0.5) is 0 Å². The van der Waals surface area contributed by atoms with Crippen molar-refractivity contribution in [2.24, 2.45) is 0 Å². The summed E-state index contributed by atoms with van der Waals surface area (Å²) in [4.78, 5) is 0. The lowest BCUT2D eigenvalue weighted by atomic mass is 9.78. The summed E-state index contributed by atoms with van der Waals surface area (Å²) in [6.07, 6.45) is -5.45. The molecule has 0 heterocycles. The van der Waals surface area contributed by atoms with E-state index in [1.807, 2.05) is 0 Å². The van der Waals surface area contributed by atoms with Crippen LogP contribution >= 0.6 is 0 Å². The second-order valence-corrected chi connectivity index (χ2v) is 3.48. The van der Waals surface area contributed by atoms with Gasteiger partial charge in [0.15, 0.2) is 0 Å².